The van der Waals surface area contributed by atoms with Gasteiger partial charge in [-0.1, -0.05) is 37.0 Å². The highest BCUT2D eigenvalue weighted by atomic mass is 32.2. The van der Waals surface area contributed by atoms with Crippen LogP contribution in [0.5, 0.6) is 0 Å². The molecule has 27 heavy (non-hydrogen) atoms. The van der Waals surface area contributed by atoms with Crippen molar-refractivity contribution >= 4 is 16.1 Å². The number of benzene rings is 1. The molecule has 1 heterocycles. The van der Waals surface area contributed by atoms with Crippen molar-refractivity contribution in [3.63, 3.8) is 0 Å². The normalized spacial score (nSPS) is 19.9. The van der Waals surface area contributed by atoms with Crippen LogP contribution in [0.3, 0.4) is 0 Å². The summed E-state index contributed by atoms with van der Waals surface area (Å²) in [5.41, 5.74) is 2.63. The molecule has 1 saturated carbocycles. The molecule has 0 atom stereocenters. The summed E-state index contributed by atoms with van der Waals surface area (Å²) in [7, 11) is -3.54. The summed E-state index contributed by atoms with van der Waals surface area (Å²) >= 11 is 0. The van der Waals surface area contributed by atoms with Gasteiger partial charge in [-0.3, -0.25) is 0 Å². The first kappa shape index (κ1) is 20.1. The second-order valence-corrected chi connectivity index (χ2v) is 9.78. The number of carbonyl (C=O) groups excluding carboxylic acids is 1. The van der Waals surface area contributed by atoms with E-state index in [-0.39, 0.29) is 12.1 Å². The summed E-state index contributed by atoms with van der Waals surface area (Å²) < 4.78 is 27.8. The van der Waals surface area contributed by atoms with Crippen LogP contribution in [0, 0.1) is 20.8 Å². The largest absolute Gasteiger partial charge is 0.335 e. The van der Waals surface area contributed by atoms with Crippen molar-refractivity contribution in [2.24, 2.45) is 0 Å². The molecule has 6 nitrogen and oxygen atoms in total. The predicted molar refractivity (Wildman–Crippen MR) is 106 cm³/mol. The lowest BCUT2D eigenvalue weighted by molar-refractivity contribution is 0.166. The molecule has 150 valence electrons. The number of amides is 2. The van der Waals surface area contributed by atoms with Crippen LogP contribution < -0.4 is 5.32 Å². The minimum absolute atomic E-state index is 0.0540. The topological polar surface area (TPSA) is 69.7 Å². The minimum atomic E-state index is -3.54. The number of sulfonamides is 1. The highest BCUT2D eigenvalue weighted by Gasteiger charge is 2.32. The standard InChI is InChI=1S/C20H31N3O3S/c1-15-13-16(2)19(17(3)14-15)27(25,26)23-11-9-22(10-12-23)20(24)21-18-7-5-4-6-8-18/h13-14,18H,4-12H2,1-3H3,(H,21,24). The van der Waals surface area contributed by atoms with E-state index in [0.29, 0.717) is 31.1 Å². The monoisotopic (exact) mass is 393 g/mol. The molecule has 3 rings (SSSR count). The maximum Gasteiger partial charge on any atom is 0.317 e. The first-order chi connectivity index (χ1) is 12.8. The fraction of sp³-hybridized carbons (Fsp3) is 0.650. The lowest BCUT2D eigenvalue weighted by atomic mass is 9.96. The van der Waals surface area contributed by atoms with Crippen molar-refractivity contribution in [1.82, 2.24) is 14.5 Å². The minimum Gasteiger partial charge on any atom is -0.335 e. The molecule has 1 saturated heterocycles. The molecule has 1 aliphatic heterocycles. The zero-order chi connectivity index (χ0) is 19.6. The lowest BCUT2D eigenvalue weighted by Gasteiger charge is -2.35. The number of nitrogens with one attached hydrogen (secondary N) is 1. The van der Waals surface area contributed by atoms with Gasteiger partial charge in [0.25, 0.3) is 0 Å². The van der Waals surface area contributed by atoms with E-state index in [1.54, 1.807) is 4.90 Å². The molecule has 1 N–H and O–H groups in total. The quantitative estimate of drug-likeness (QED) is 0.858. The Balaban J connectivity index is 1.64. The Morgan fingerprint density at radius 2 is 1.52 bits per heavy atom. The fourth-order valence-electron chi connectivity index (χ4n) is 4.35. The lowest BCUT2D eigenvalue weighted by Crippen LogP contribution is -2.54. The van der Waals surface area contributed by atoms with E-state index in [1.807, 2.05) is 32.9 Å². The fourth-order valence-corrected chi connectivity index (χ4v) is 6.18. The van der Waals surface area contributed by atoms with Gasteiger partial charge in [-0.05, 0) is 44.7 Å². The van der Waals surface area contributed by atoms with Crippen molar-refractivity contribution in [2.45, 2.75) is 63.8 Å². The average molecular weight is 394 g/mol. The van der Waals surface area contributed by atoms with Crippen molar-refractivity contribution in [1.29, 1.82) is 0 Å². The van der Waals surface area contributed by atoms with Crippen LogP contribution in [0.1, 0.15) is 48.8 Å². The van der Waals surface area contributed by atoms with Gasteiger partial charge >= 0.3 is 6.03 Å². The van der Waals surface area contributed by atoms with Crippen LogP contribution in [-0.2, 0) is 10.0 Å². The SMILES string of the molecule is Cc1cc(C)c(S(=O)(=O)N2CCN(C(=O)NC3CCCCC3)CC2)c(C)c1. The molecule has 2 aliphatic rings. The van der Waals surface area contributed by atoms with Crippen LogP contribution in [0.15, 0.2) is 17.0 Å². The van der Waals surface area contributed by atoms with Crippen LogP contribution >= 0.6 is 0 Å². The number of piperazine rings is 1. The van der Waals surface area contributed by atoms with Crippen LogP contribution in [0.25, 0.3) is 0 Å². The zero-order valence-electron chi connectivity index (χ0n) is 16.6. The second-order valence-electron chi connectivity index (χ2n) is 7.90. The Bertz CT molecular complexity index is 770. The van der Waals surface area contributed by atoms with Gasteiger partial charge in [-0.2, -0.15) is 4.31 Å². The van der Waals surface area contributed by atoms with Gasteiger partial charge in [0.2, 0.25) is 10.0 Å². The van der Waals surface area contributed by atoms with E-state index in [1.165, 1.54) is 23.6 Å². The number of nitrogens with zero attached hydrogens (tertiary/aromatic N) is 2. The maximum atomic E-state index is 13.1. The number of aryl methyl sites for hydroxylation is 3. The van der Waals surface area contributed by atoms with Gasteiger partial charge in [-0.25, -0.2) is 13.2 Å². The maximum absolute atomic E-state index is 13.1. The van der Waals surface area contributed by atoms with Gasteiger partial charge < -0.3 is 10.2 Å². The summed E-state index contributed by atoms with van der Waals surface area (Å²) in [6, 6.07) is 4.04. The summed E-state index contributed by atoms with van der Waals surface area (Å²) in [6.45, 7) is 7.21. The van der Waals surface area contributed by atoms with Crippen molar-refractivity contribution in [3.8, 4) is 0 Å². The molecule has 0 bridgehead atoms. The molecule has 1 aliphatic carbocycles. The van der Waals surface area contributed by atoms with E-state index in [0.717, 1.165) is 29.5 Å². The highest BCUT2D eigenvalue weighted by Crippen LogP contribution is 2.26. The van der Waals surface area contributed by atoms with E-state index < -0.39 is 10.0 Å². The van der Waals surface area contributed by atoms with Crippen molar-refractivity contribution < 1.29 is 13.2 Å². The number of hydrogen-bond donors (Lipinski definition) is 1. The van der Waals surface area contributed by atoms with Crippen molar-refractivity contribution in [3.05, 3.63) is 28.8 Å². The smallest absolute Gasteiger partial charge is 0.317 e. The van der Waals surface area contributed by atoms with Crippen molar-refractivity contribution in [2.75, 3.05) is 26.2 Å². The Labute approximate surface area is 163 Å². The summed E-state index contributed by atoms with van der Waals surface area (Å²) in [5, 5.41) is 3.12. The van der Waals surface area contributed by atoms with Crippen LogP contribution in [0.4, 0.5) is 4.79 Å². The molecule has 0 unspecified atom stereocenters. The van der Waals surface area contributed by atoms with Gasteiger partial charge in [0.1, 0.15) is 0 Å². The Morgan fingerprint density at radius 1 is 0.963 bits per heavy atom. The molecule has 2 amide bonds. The molecule has 7 heteroatoms. The average Bonchev–Trinajstić information content (AvgIpc) is 2.61. The Kier molecular flexibility index (Phi) is 6.11. The van der Waals surface area contributed by atoms with E-state index >= 15 is 0 Å². The molecular formula is C20H31N3O3S. The molecule has 1 aromatic rings. The predicted octanol–water partition coefficient (Wildman–Crippen LogP) is 2.96. The highest BCUT2D eigenvalue weighted by molar-refractivity contribution is 7.89. The Hall–Kier alpha value is -1.60. The third-order valence-electron chi connectivity index (χ3n) is 5.66. The van der Waals surface area contributed by atoms with Crippen LogP contribution in [-0.4, -0.2) is 55.9 Å². The zero-order valence-corrected chi connectivity index (χ0v) is 17.4. The molecule has 0 aromatic heterocycles. The first-order valence-corrected chi connectivity index (χ1v) is 11.4. The number of urea groups is 1. The molecule has 0 spiro atoms. The first-order valence-electron chi connectivity index (χ1n) is 9.92. The summed E-state index contributed by atoms with van der Waals surface area (Å²) in [4.78, 5) is 14.6. The van der Waals surface area contributed by atoms with E-state index in [4.69, 9.17) is 0 Å². The van der Waals surface area contributed by atoms with Crippen LogP contribution in [0.2, 0.25) is 0 Å². The van der Waals surface area contributed by atoms with E-state index in [2.05, 4.69) is 5.32 Å². The van der Waals surface area contributed by atoms with Gasteiger partial charge in [0.05, 0.1) is 4.90 Å². The third kappa shape index (κ3) is 4.46. The molecular weight excluding hydrogens is 362 g/mol. The van der Waals surface area contributed by atoms with E-state index in [9.17, 15) is 13.2 Å². The number of rotatable bonds is 3. The Morgan fingerprint density at radius 3 is 2.07 bits per heavy atom. The molecule has 0 radical (unpaired) electrons. The summed E-state index contributed by atoms with van der Waals surface area (Å²) in [6.07, 6.45) is 5.69. The summed E-state index contributed by atoms with van der Waals surface area (Å²) in [5.74, 6) is 0. The second kappa shape index (κ2) is 8.19. The van der Waals surface area contributed by atoms with Gasteiger partial charge in [0.15, 0.2) is 0 Å². The van der Waals surface area contributed by atoms with Gasteiger partial charge in [-0.15, -0.1) is 0 Å². The number of carbonyl (C=O) groups is 1. The van der Waals surface area contributed by atoms with Gasteiger partial charge in [0, 0.05) is 32.2 Å². The molecule has 1 aromatic carbocycles. The third-order valence-corrected chi connectivity index (χ3v) is 7.87. The number of hydrogen-bond acceptors (Lipinski definition) is 3. The molecule has 2 fully saturated rings.